The topological polar surface area (TPSA) is 93.8 Å². The minimum Gasteiger partial charge on any atom is -0.349 e. The van der Waals surface area contributed by atoms with Gasteiger partial charge in [0.05, 0.1) is 10.6 Å². The Labute approximate surface area is 184 Å². The SMILES string of the molecule is O=c1c2[nH]c3ccccc3c2nc(SCc2cccc([N+](=O)[O-])c2)n1-c1ccccc1F. The molecule has 0 saturated heterocycles. The lowest BCUT2D eigenvalue weighted by Crippen LogP contribution is -2.22. The summed E-state index contributed by atoms with van der Waals surface area (Å²) in [5.41, 5.74) is 1.89. The van der Waals surface area contributed by atoms with Crippen LogP contribution in [0.15, 0.2) is 82.7 Å². The van der Waals surface area contributed by atoms with Crippen molar-refractivity contribution in [3.63, 3.8) is 0 Å². The van der Waals surface area contributed by atoms with Crippen molar-refractivity contribution in [1.82, 2.24) is 14.5 Å². The van der Waals surface area contributed by atoms with E-state index in [1.54, 1.807) is 24.3 Å². The second-order valence-corrected chi connectivity index (χ2v) is 8.04. The number of thioether (sulfide) groups is 1. The van der Waals surface area contributed by atoms with Crippen molar-refractivity contribution in [3.05, 3.63) is 105 Å². The van der Waals surface area contributed by atoms with Gasteiger partial charge in [-0.25, -0.2) is 9.37 Å². The minimum absolute atomic E-state index is 0.0189. The van der Waals surface area contributed by atoms with Crippen LogP contribution in [0.4, 0.5) is 10.1 Å². The third-order valence-electron chi connectivity index (χ3n) is 5.08. The van der Waals surface area contributed by atoms with Gasteiger partial charge in [-0.15, -0.1) is 0 Å². The van der Waals surface area contributed by atoms with Crippen LogP contribution in [0.25, 0.3) is 27.6 Å². The maximum absolute atomic E-state index is 14.7. The molecule has 0 aliphatic carbocycles. The molecule has 0 amide bonds. The molecule has 3 aromatic carbocycles. The number of hydrogen-bond acceptors (Lipinski definition) is 5. The molecular formula is C23H15FN4O3S. The number of aromatic amines is 1. The van der Waals surface area contributed by atoms with Crippen molar-refractivity contribution in [2.75, 3.05) is 0 Å². The van der Waals surface area contributed by atoms with Crippen LogP contribution in [-0.4, -0.2) is 19.5 Å². The number of nitro benzene ring substituents is 1. The summed E-state index contributed by atoms with van der Waals surface area (Å²) in [5.74, 6) is -0.236. The van der Waals surface area contributed by atoms with E-state index in [1.807, 2.05) is 24.3 Å². The summed E-state index contributed by atoms with van der Waals surface area (Å²) in [5, 5.41) is 12.2. The average molecular weight is 446 g/mol. The molecule has 0 bridgehead atoms. The lowest BCUT2D eigenvalue weighted by Gasteiger charge is -2.13. The Bertz CT molecular complexity index is 1560. The van der Waals surface area contributed by atoms with E-state index < -0.39 is 16.3 Å². The Hall–Kier alpha value is -3.98. The molecule has 0 atom stereocenters. The van der Waals surface area contributed by atoms with Crippen molar-refractivity contribution >= 4 is 39.4 Å². The summed E-state index contributed by atoms with van der Waals surface area (Å²) in [6.45, 7) is 0. The molecule has 7 nitrogen and oxygen atoms in total. The van der Waals surface area contributed by atoms with Gasteiger partial charge in [0, 0.05) is 28.8 Å². The first kappa shape index (κ1) is 20.0. The van der Waals surface area contributed by atoms with Gasteiger partial charge in [-0.3, -0.25) is 19.5 Å². The molecule has 0 fully saturated rings. The number of nitrogens with zero attached hydrogens (tertiary/aromatic N) is 3. The molecule has 5 aromatic rings. The Kier molecular flexibility index (Phi) is 4.95. The molecule has 0 unspecified atom stereocenters. The van der Waals surface area contributed by atoms with Crippen molar-refractivity contribution in [2.45, 2.75) is 10.9 Å². The first-order chi connectivity index (χ1) is 15.5. The lowest BCUT2D eigenvalue weighted by atomic mass is 10.2. The van der Waals surface area contributed by atoms with Gasteiger partial charge >= 0.3 is 0 Å². The van der Waals surface area contributed by atoms with Gasteiger partial charge in [-0.05, 0) is 23.8 Å². The summed E-state index contributed by atoms with van der Waals surface area (Å²) < 4.78 is 15.9. The molecular weight excluding hydrogens is 431 g/mol. The monoisotopic (exact) mass is 446 g/mol. The first-order valence-electron chi connectivity index (χ1n) is 9.67. The number of rotatable bonds is 5. The van der Waals surface area contributed by atoms with Crippen LogP contribution in [-0.2, 0) is 5.75 Å². The zero-order valence-corrected chi connectivity index (χ0v) is 17.3. The van der Waals surface area contributed by atoms with Crippen LogP contribution in [0, 0.1) is 15.9 Å². The quantitative estimate of drug-likeness (QED) is 0.173. The molecule has 0 radical (unpaired) electrons. The lowest BCUT2D eigenvalue weighted by molar-refractivity contribution is -0.384. The van der Waals surface area contributed by atoms with Crippen LogP contribution < -0.4 is 5.56 Å². The standard InChI is InChI=1S/C23H15FN4O3S/c24-17-9-2-4-11-19(17)27-22(29)21-20(16-8-1-3-10-18(16)25-21)26-23(27)32-13-14-6-5-7-15(12-14)28(30)31/h1-12,25H,13H2. The van der Waals surface area contributed by atoms with E-state index in [4.69, 9.17) is 4.98 Å². The molecule has 9 heteroatoms. The summed E-state index contributed by atoms with van der Waals surface area (Å²) >= 11 is 1.21. The number of non-ortho nitro benzene ring substituents is 1. The van der Waals surface area contributed by atoms with Crippen molar-refractivity contribution < 1.29 is 9.31 Å². The fourth-order valence-corrected chi connectivity index (χ4v) is 4.53. The second kappa shape index (κ2) is 7.93. The van der Waals surface area contributed by atoms with E-state index in [0.717, 1.165) is 10.9 Å². The highest BCUT2D eigenvalue weighted by Gasteiger charge is 2.19. The molecule has 158 valence electrons. The zero-order valence-electron chi connectivity index (χ0n) is 16.5. The molecule has 2 aromatic heterocycles. The third kappa shape index (κ3) is 3.42. The van der Waals surface area contributed by atoms with Gasteiger partial charge in [0.2, 0.25) is 0 Å². The maximum atomic E-state index is 14.7. The highest BCUT2D eigenvalue weighted by atomic mass is 32.2. The summed E-state index contributed by atoms with van der Waals surface area (Å²) in [6, 6.07) is 19.7. The number of hydrogen-bond donors (Lipinski definition) is 1. The van der Waals surface area contributed by atoms with Gasteiger partial charge in [0.15, 0.2) is 5.16 Å². The number of fused-ring (bicyclic) bond motifs is 3. The molecule has 5 rings (SSSR count). The Morgan fingerprint density at radius 2 is 1.84 bits per heavy atom. The van der Waals surface area contributed by atoms with Gasteiger partial charge in [-0.2, -0.15) is 0 Å². The fourth-order valence-electron chi connectivity index (χ4n) is 3.59. The highest BCUT2D eigenvalue weighted by Crippen LogP contribution is 2.29. The normalized spacial score (nSPS) is 11.3. The Morgan fingerprint density at radius 1 is 1.06 bits per heavy atom. The molecule has 0 aliphatic rings. The summed E-state index contributed by atoms with van der Waals surface area (Å²) in [7, 11) is 0. The zero-order chi connectivity index (χ0) is 22.2. The number of halogens is 1. The van der Waals surface area contributed by atoms with E-state index in [2.05, 4.69) is 4.98 Å². The molecule has 0 spiro atoms. The van der Waals surface area contributed by atoms with Crippen LogP contribution in [0.1, 0.15) is 5.56 Å². The third-order valence-corrected chi connectivity index (χ3v) is 6.09. The van der Waals surface area contributed by atoms with Crippen LogP contribution in [0.5, 0.6) is 0 Å². The highest BCUT2D eigenvalue weighted by molar-refractivity contribution is 7.98. The van der Waals surface area contributed by atoms with E-state index in [-0.39, 0.29) is 16.9 Å². The van der Waals surface area contributed by atoms with Gasteiger partial charge in [-0.1, -0.05) is 54.2 Å². The largest absolute Gasteiger partial charge is 0.349 e. The number of nitro groups is 1. The Balaban J connectivity index is 1.69. The summed E-state index contributed by atoms with van der Waals surface area (Å²) in [4.78, 5) is 31.9. The average Bonchev–Trinajstić information content (AvgIpc) is 3.18. The first-order valence-corrected chi connectivity index (χ1v) is 10.7. The summed E-state index contributed by atoms with van der Waals surface area (Å²) in [6.07, 6.45) is 0. The van der Waals surface area contributed by atoms with E-state index in [0.29, 0.717) is 22.0 Å². The molecule has 0 aliphatic heterocycles. The van der Waals surface area contributed by atoms with E-state index >= 15 is 0 Å². The predicted molar refractivity (Wildman–Crippen MR) is 122 cm³/mol. The number of para-hydroxylation sites is 2. The minimum atomic E-state index is -0.552. The maximum Gasteiger partial charge on any atom is 0.283 e. The van der Waals surface area contributed by atoms with Crippen LogP contribution in [0.3, 0.4) is 0 Å². The van der Waals surface area contributed by atoms with E-state index in [1.165, 1.54) is 40.6 Å². The fraction of sp³-hybridized carbons (Fsp3) is 0.0435. The molecule has 1 N–H and O–H groups in total. The van der Waals surface area contributed by atoms with E-state index in [9.17, 15) is 19.3 Å². The second-order valence-electron chi connectivity index (χ2n) is 7.10. The van der Waals surface area contributed by atoms with Crippen LogP contribution in [0.2, 0.25) is 0 Å². The molecule has 2 heterocycles. The van der Waals surface area contributed by atoms with Crippen LogP contribution >= 0.6 is 11.8 Å². The predicted octanol–water partition coefficient (Wildman–Crippen LogP) is 5.21. The van der Waals surface area contributed by atoms with Gasteiger partial charge in [0.1, 0.15) is 16.9 Å². The number of nitrogens with one attached hydrogen (secondary N) is 1. The van der Waals surface area contributed by atoms with Crippen molar-refractivity contribution in [1.29, 1.82) is 0 Å². The molecule has 0 saturated carbocycles. The smallest absolute Gasteiger partial charge is 0.283 e. The number of benzene rings is 3. The number of aromatic nitrogens is 3. The molecule has 32 heavy (non-hydrogen) atoms. The number of H-pyrrole nitrogens is 1. The van der Waals surface area contributed by atoms with Gasteiger partial charge in [0.25, 0.3) is 11.2 Å². The van der Waals surface area contributed by atoms with Gasteiger partial charge < -0.3 is 4.98 Å². The van der Waals surface area contributed by atoms with Crippen molar-refractivity contribution in [2.24, 2.45) is 0 Å². The van der Waals surface area contributed by atoms with Crippen molar-refractivity contribution in [3.8, 4) is 5.69 Å². The Morgan fingerprint density at radius 3 is 2.66 bits per heavy atom.